The number of rotatable bonds is 5. The fourth-order valence-electron chi connectivity index (χ4n) is 1.80. The number of aromatic nitrogens is 2. The minimum Gasteiger partial charge on any atom is -0.872 e. The summed E-state index contributed by atoms with van der Waals surface area (Å²) in [5.41, 5.74) is 6.34. The first-order chi connectivity index (χ1) is 10.0. The van der Waals surface area contributed by atoms with Gasteiger partial charge in [0.15, 0.2) is 0 Å². The molecule has 1 heterocycles. The molecule has 0 atom stereocenters. The molecule has 0 bridgehead atoms. The van der Waals surface area contributed by atoms with Crippen LogP contribution in [0, 0.1) is 5.41 Å². The predicted octanol–water partition coefficient (Wildman–Crippen LogP) is -2.22. The van der Waals surface area contributed by atoms with Crippen molar-refractivity contribution in [1.82, 2.24) is 9.97 Å². The molecule has 0 aliphatic carbocycles. The van der Waals surface area contributed by atoms with Crippen molar-refractivity contribution in [3.05, 3.63) is 45.4 Å². The molecule has 0 fully saturated rings. The van der Waals surface area contributed by atoms with Crippen molar-refractivity contribution in [2.75, 3.05) is 11.1 Å². The number of nitrogens with two attached hydrogens (primary N) is 1. The Balaban J connectivity index is 0.00000242. The molecule has 7 nitrogen and oxygen atoms in total. The van der Waals surface area contributed by atoms with E-state index in [4.69, 9.17) is 22.7 Å². The topological polar surface area (TPSA) is 131 Å². The van der Waals surface area contributed by atoms with Gasteiger partial charge in [-0.1, -0.05) is 18.2 Å². The Morgan fingerprint density at radius 3 is 2.82 bits per heavy atom. The van der Waals surface area contributed by atoms with E-state index in [0.717, 1.165) is 11.8 Å². The van der Waals surface area contributed by atoms with E-state index in [2.05, 4.69) is 15.3 Å². The van der Waals surface area contributed by atoms with E-state index < -0.39 is 5.56 Å². The van der Waals surface area contributed by atoms with Crippen molar-refractivity contribution in [1.29, 1.82) is 5.41 Å². The van der Waals surface area contributed by atoms with Crippen LogP contribution >= 0.6 is 11.6 Å². The van der Waals surface area contributed by atoms with Crippen molar-refractivity contribution >= 4 is 29.5 Å². The summed E-state index contributed by atoms with van der Waals surface area (Å²) in [5, 5.41) is 21.9. The van der Waals surface area contributed by atoms with Gasteiger partial charge in [-0.15, -0.1) is 17.4 Å². The molecule has 5 N–H and O–H groups in total. The number of nitrogens with zero attached hydrogens (tertiary/aromatic N) is 1. The standard InChI is InChI=1S/C13H14ClN5O2.Rb/c14-4-7-1-2-8(10(20)3-7)6-17-11-9(5-15)18-13(16)19-12(11)21;/h1-3,5,15,17,20H,4,6H2,(H3,16,18,19,21);/q;+1/p-1. The average Bonchev–Trinajstić information content (AvgIpc) is 2.46. The average molecular weight is 392 g/mol. The van der Waals surface area contributed by atoms with Gasteiger partial charge < -0.3 is 21.6 Å². The third-order valence-electron chi connectivity index (χ3n) is 2.84. The maximum Gasteiger partial charge on any atom is 1.00 e. The van der Waals surface area contributed by atoms with E-state index >= 15 is 0 Å². The van der Waals surface area contributed by atoms with Crippen LogP contribution in [-0.4, -0.2) is 16.2 Å². The molecule has 22 heavy (non-hydrogen) atoms. The summed E-state index contributed by atoms with van der Waals surface area (Å²) in [5.74, 6) is 0.0274. The number of nitrogen functional groups attached to an aromatic ring is 1. The minimum atomic E-state index is -0.495. The number of anilines is 2. The van der Waals surface area contributed by atoms with Gasteiger partial charge in [0.25, 0.3) is 5.56 Å². The molecular weight excluding hydrogens is 379 g/mol. The van der Waals surface area contributed by atoms with E-state index in [0.29, 0.717) is 5.56 Å². The number of hydrogen-bond acceptors (Lipinski definition) is 6. The largest absolute Gasteiger partial charge is 1.00 e. The second kappa shape index (κ2) is 8.78. The summed E-state index contributed by atoms with van der Waals surface area (Å²) in [7, 11) is 0. The fraction of sp³-hybridized carbons (Fsp3) is 0.154. The maximum atomic E-state index is 11.8. The van der Waals surface area contributed by atoms with Gasteiger partial charge in [-0.05, 0) is 11.1 Å². The quantitative estimate of drug-likeness (QED) is 0.338. The molecule has 0 aliphatic rings. The number of alkyl halides is 1. The molecule has 0 spiro atoms. The van der Waals surface area contributed by atoms with E-state index in [-0.39, 0.29) is 93.7 Å². The molecule has 2 aromatic rings. The maximum absolute atomic E-state index is 11.8. The molecule has 0 unspecified atom stereocenters. The van der Waals surface area contributed by atoms with Crippen LogP contribution in [0.25, 0.3) is 0 Å². The van der Waals surface area contributed by atoms with E-state index in [1.54, 1.807) is 12.1 Å². The van der Waals surface area contributed by atoms with Crippen molar-refractivity contribution in [2.45, 2.75) is 12.4 Å². The van der Waals surface area contributed by atoms with Gasteiger partial charge in [0, 0.05) is 18.6 Å². The summed E-state index contributed by atoms with van der Waals surface area (Å²) in [6, 6.07) is 4.84. The number of benzene rings is 1. The summed E-state index contributed by atoms with van der Waals surface area (Å²) in [6.07, 6.45) is 0.919. The Morgan fingerprint density at radius 2 is 2.23 bits per heavy atom. The molecule has 2 rings (SSSR count). The molecule has 1 aromatic carbocycles. The van der Waals surface area contributed by atoms with Gasteiger partial charge in [-0.2, -0.15) is 0 Å². The fourth-order valence-corrected chi connectivity index (χ4v) is 1.96. The van der Waals surface area contributed by atoms with Crippen LogP contribution in [0.1, 0.15) is 16.8 Å². The Labute approximate surface area is 180 Å². The molecule has 0 aliphatic heterocycles. The summed E-state index contributed by atoms with van der Waals surface area (Å²) >= 11 is 5.65. The van der Waals surface area contributed by atoms with Crippen molar-refractivity contribution in [3.63, 3.8) is 0 Å². The first-order valence-corrected chi connectivity index (χ1v) is 6.57. The second-order valence-electron chi connectivity index (χ2n) is 4.29. The third kappa shape index (κ3) is 4.63. The third-order valence-corrected chi connectivity index (χ3v) is 3.15. The Bertz CT molecular complexity index is 735. The van der Waals surface area contributed by atoms with Crippen LogP contribution in [0.15, 0.2) is 23.0 Å². The van der Waals surface area contributed by atoms with Crippen molar-refractivity contribution in [3.8, 4) is 5.75 Å². The molecular formula is C13H13ClN5O2Rb. The van der Waals surface area contributed by atoms with E-state index in [1.165, 1.54) is 6.07 Å². The molecule has 0 amide bonds. The molecule has 0 saturated carbocycles. The monoisotopic (exact) mass is 391 g/mol. The predicted molar refractivity (Wildman–Crippen MR) is 79.9 cm³/mol. The first-order valence-electron chi connectivity index (χ1n) is 6.04. The van der Waals surface area contributed by atoms with Crippen LogP contribution in [0.2, 0.25) is 0 Å². The van der Waals surface area contributed by atoms with Gasteiger partial charge in [-0.3, -0.25) is 9.78 Å². The SMILES string of the molecule is N=Cc1nc(N)[nH]c(=O)c1NCc1ccc(CCl)cc1[O-].[Rb+]. The van der Waals surface area contributed by atoms with Crippen LogP contribution in [0.3, 0.4) is 0 Å². The normalized spacial score (nSPS) is 9.86. The van der Waals surface area contributed by atoms with Gasteiger partial charge in [0.2, 0.25) is 5.95 Å². The summed E-state index contributed by atoms with van der Waals surface area (Å²) < 4.78 is 0. The van der Waals surface area contributed by atoms with Crippen LogP contribution in [0.4, 0.5) is 11.6 Å². The van der Waals surface area contributed by atoms with Gasteiger partial charge >= 0.3 is 58.2 Å². The number of aromatic amines is 1. The van der Waals surface area contributed by atoms with Crippen LogP contribution < -0.4 is 79.9 Å². The molecule has 110 valence electrons. The molecule has 1 aromatic heterocycles. The second-order valence-corrected chi connectivity index (χ2v) is 4.55. The molecule has 0 radical (unpaired) electrons. The number of nitrogens with one attached hydrogen (secondary N) is 3. The number of halogens is 1. The van der Waals surface area contributed by atoms with Crippen molar-refractivity contribution in [2.24, 2.45) is 0 Å². The Kier molecular flexibility index (Phi) is 7.71. The summed E-state index contributed by atoms with van der Waals surface area (Å²) in [4.78, 5) is 18.0. The van der Waals surface area contributed by atoms with E-state index in [9.17, 15) is 9.90 Å². The summed E-state index contributed by atoms with van der Waals surface area (Å²) in [6.45, 7) is 0.136. The minimum absolute atomic E-state index is 0. The van der Waals surface area contributed by atoms with Gasteiger partial charge in [0.05, 0.1) is 0 Å². The van der Waals surface area contributed by atoms with Crippen LogP contribution in [-0.2, 0) is 12.4 Å². The van der Waals surface area contributed by atoms with E-state index in [1.807, 2.05) is 0 Å². The zero-order chi connectivity index (χ0) is 15.4. The number of hydrogen-bond donors (Lipinski definition) is 4. The van der Waals surface area contributed by atoms with Gasteiger partial charge in [-0.25, -0.2) is 4.98 Å². The zero-order valence-electron chi connectivity index (χ0n) is 11.9. The van der Waals surface area contributed by atoms with Gasteiger partial charge in [0.1, 0.15) is 11.4 Å². The smallest absolute Gasteiger partial charge is 0.872 e. The van der Waals surface area contributed by atoms with Crippen LogP contribution in [0.5, 0.6) is 5.75 Å². The first kappa shape index (κ1) is 19.3. The molecule has 9 heteroatoms. The zero-order valence-corrected chi connectivity index (χ0v) is 17.6. The number of H-pyrrole nitrogens is 1. The molecule has 0 saturated heterocycles. The Hall–Kier alpha value is -0.735. The van der Waals surface area contributed by atoms with Crippen molar-refractivity contribution < 1.29 is 63.3 Å². The Morgan fingerprint density at radius 1 is 1.50 bits per heavy atom.